The fourth-order valence-electron chi connectivity index (χ4n) is 2.84. The van der Waals surface area contributed by atoms with Crippen molar-refractivity contribution in [1.82, 2.24) is 10.2 Å². The Hall–Kier alpha value is -0.610. The fourth-order valence-corrected chi connectivity index (χ4v) is 2.84. The van der Waals surface area contributed by atoms with Crippen molar-refractivity contribution in [3.05, 3.63) is 0 Å². The second-order valence-corrected chi connectivity index (χ2v) is 5.79. The van der Waals surface area contributed by atoms with E-state index in [1.54, 1.807) is 0 Å². The Kier molecular flexibility index (Phi) is 5.01. The first kappa shape index (κ1) is 13.8. The van der Waals surface area contributed by atoms with Gasteiger partial charge < -0.3 is 16.0 Å². The van der Waals surface area contributed by atoms with Gasteiger partial charge in [-0.3, -0.25) is 4.79 Å². The molecule has 2 saturated carbocycles. The largest absolute Gasteiger partial charge is 0.353 e. The molecule has 0 spiro atoms. The van der Waals surface area contributed by atoms with Gasteiger partial charge in [0, 0.05) is 31.1 Å². The maximum absolute atomic E-state index is 11.7. The third-order valence-corrected chi connectivity index (χ3v) is 4.23. The molecular formula is C14H27N3O. The first-order valence-corrected chi connectivity index (χ1v) is 7.48. The molecule has 2 aliphatic carbocycles. The number of nitrogens with two attached hydrogens (primary N) is 1. The number of carbonyl (C=O) groups excluding carboxylic acids is 1. The Morgan fingerprint density at radius 1 is 1.22 bits per heavy atom. The van der Waals surface area contributed by atoms with Crippen molar-refractivity contribution in [2.75, 3.05) is 13.1 Å². The quantitative estimate of drug-likeness (QED) is 0.749. The van der Waals surface area contributed by atoms with Crippen molar-refractivity contribution >= 4 is 5.91 Å². The van der Waals surface area contributed by atoms with E-state index in [0.717, 1.165) is 25.9 Å². The lowest BCUT2D eigenvalue weighted by Crippen LogP contribution is -2.42. The van der Waals surface area contributed by atoms with E-state index in [1.165, 1.54) is 25.7 Å². The summed E-state index contributed by atoms with van der Waals surface area (Å²) in [5, 5.41) is 3.06. The number of carbonyl (C=O) groups is 1. The molecule has 104 valence electrons. The molecule has 18 heavy (non-hydrogen) atoms. The van der Waals surface area contributed by atoms with Gasteiger partial charge in [-0.25, -0.2) is 0 Å². The molecule has 2 rings (SSSR count). The lowest BCUT2D eigenvalue weighted by atomic mass is 9.90. The van der Waals surface area contributed by atoms with Gasteiger partial charge in [0.1, 0.15) is 0 Å². The van der Waals surface area contributed by atoms with Crippen molar-refractivity contribution in [1.29, 1.82) is 0 Å². The van der Waals surface area contributed by atoms with Gasteiger partial charge in [0.05, 0.1) is 0 Å². The van der Waals surface area contributed by atoms with Crippen LogP contribution in [0, 0.1) is 0 Å². The molecule has 0 aromatic rings. The SMILES string of the molecule is CCN(CCC(=O)NC1CC1)C1CCC(N)CC1. The van der Waals surface area contributed by atoms with Crippen LogP contribution >= 0.6 is 0 Å². The summed E-state index contributed by atoms with van der Waals surface area (Å²) >= 11 is 0. The predicted octanol–water partition coefficient (Wildman–Crippen LogP) is 1.25. The van der Waals surface area contributed by atoms with E-state index in [-0.39, 0.29) is 5.91 Å². The highest BCUT2D eigenvalue weighted by Crippen LogP contribution is 2.22. The Morgan fingerprint density at radius 3 is 2.44 bits per heavy atom. The summed E-state index contributed by atoms with van der Waals surface area (Å²) in [6.45, 7) is 4.12. The molecule has 3 N–H and O–H groups in total. The normalized spacial score (nSPS) is 28.4. The Labute approximate surface area is 110 Å². The maximum atomic E-state index is 11.7. The molecule has 4 heteroatoms. The molecule has 4 nitrogen and oxygen atoms in total. The van der Waals surface area contributed by atoms with Gasteiger partial charge in [0.25, 0.3) is 0 Å². The molecule has 0 aromatic carbocycles. The summed E-state index contributed by atoms with van der Waals surface area (Å²) in [7, 11) is 0. The first-order chi connectivity index (χ1) is 8.69. The highest BCUT2D eigenvalue weighted by atomic mass is 16.1. The standard InChI is InChI=1S/C14H27N3O/c1-2-17(13-7-3-11(15)4-8-13)10-9-14(18)16-12-5-6-12/h11-13H,2-10,15H2,1H3,(H,16,18). The average molecular weight is 253 g/mol. The van der Waals surface area contributed by atoms with Crippen LogP contribution in [-0.4, -0.2) is 42.0 Å². The molecule has 0 heterocycles. The van der Waals surface area contributed by atoms with E-state index in [4.69, 9.17) is 5.73 Å². The second-order valence-electron chi connectivity index (χ2n) is 5.79. The van der Waals surface area contributed by atoms with Crippen LogP contribution in [0.2, 0.25) is 0 Å². The summed E-state index contributed by atoms with van der Waals surface area (Å²) in [4.78, 5) is 14.1. The lowest BCUT2D eigenvalue weighted by Gasteiger charge is -2.35. The number of nitrogens with zero attached hydrogens (tertiary/aromatic N) is 1. The molecule has 0 aromatic heterocycles. The molecule has 2 fully saturated rings. The maximum Gasteiger partial charge on any atom is 0.221 e. The number of nitrogens with one attached hydrogen (secondary N) is 1. The van der Waals surface area contributed by atoms with Crippen molar-refractivity contribution in [3.63, 3.8) is 0 Å². The molecule has 2 aliphatic rings. The third-order valence-electron chi connectivity index (χ3n) is 4.23. The van der Waals surface area contributed by atoms with Crippen molar-refractivity contribution in [3.8, 4) is 0 Å². The van der Waals surface area contributed by atoms with Crippen molar-refractivity contribution in [2.45, 2.75) is 70.0 Å². The summed E-state index contributed by atoms with van der Waals surface area (Å²) in [6, 6.07) is 1.53. The molecule has 1 amide bonds. The van der Waals surface area contributed by atoms with E-state index in [9.17, 15) is 4.79 Å². The Bertz CT molecular complexity index is 270. The number of amides is 1. The third kappa shape index (κ3) is 4.25. The van der Waals surface area contributed by atoms with Crippen LogP contribution in [0.4, 0.5) is 0 Å². The van der Waals surface area contributed by atoms with Crippen molar-refractivity contribution in [2.24, 2.45) is 5.73 Å². The van der Waals surface area contributed by atoms with Crippen LogP contribution in [-0.2, 0) is 4.79 Å². The Morgan fingerprint density at radius 2 is 1.89 bits per heavy atom. The zero-order valence-corrected chi connectivity index (χ0v) is 11.5. The minimum absolute atomic E-state index is 0.225. The summed E-state index contributed by atoms with van der Waals surface area (Å²) in [5.74, 6) is 0.225. The molecule has 0 saturated heterocycles. The van der Waals surface area contributed by atoms with Gasteiger partial charge in [-0.2, -0.15) is 0 Å². The van der Waals surface area contributed by atoms with E-state index in [0.29, 0.717) is 24.5 Å². The smallest absolute Gasteiger partial charge is 0.221 e. The van der Waals surface area contributed by atoms with Gasteiger partial charge >= 0.3 is 0 Å². The highest BCUT2D eigenvalue weighted by molar-refractivity contribution is 5.76. The molecule has 0 aliphatic heterocycles. The monoisotopic (exact) mass is 253 g/mol. The highest BCUT2D eigenvalue weighted by Gasteiger charge is 2.25. The molecule has 0 radical (unpaired) electrons. The topological polar surface area (TPSA) is 58.4 Å². The second kappa shape index (κ2) is 6.53. The molecule has 0 unspecified atom stereocenters. The fraction of sp³-hybridized carbons (Fsp3) is 0.929. The van der Waals surface area contributed by atoms with Crippen LogP contribution < -0.4 is 11.1 Å². The van der Waals surface area contributed by atoms with Gasteiger partial charge in [-0.1, -0.05) is 6.92 Å². The van der Waals surface area contributed by atoms with Gasteiger partial charge in [-0.05, 0) is 45.1 Å². The first-order valence-electron chi connectivity index (χ1n) is 7.48. The number of rotatable bonds is 6. The average Bonchev–Trinajstić information content (AvgIpc) is 3.16. The van der Waals surface area contributed by atoms with E-state index >= 15 is 0 Å². The predicted molar refractivity (Wildman–Crippen MR) is 73.3 cm³/mol. The van der Waals surface area contributed by atoms with Crippen LogP contribution in [0.15, 0.2) is 0 Å². The van der Waals surface area contributed by atoms with E-state index in [2.05, 4.69) is 17.1 Å². The zero-order valence-electron chi connectivity index (χ0n) is 11.5. The molecule has 0 bridgehead atoms. The van der Waals surface area contributed by atoms with Gasteiger partial charge in [0.15, 0.2) is 0 Å². The molecular weight excluding hydrogens is 226 g/mol. The van der Waals surface area contributed by atoms with Crippen LogP contribution in [0.1, 0.15) is 51.9 Å². The molecule has 0 atom stereocenters. The lowest BCUT2D eigenvalue weighted by molar-refractivity contribution is -0.121. The van der Waals surface area contributed by atoms with Gasteiger partial charge in [-0.15, -0.1) is 0 Å². The minimum Gasteiger partial charge on any atom is -0.353 e. The van der Waals surface area contributed by atoms with E-state index in [1.807, 2.05) is 0 Å². The minimum atomic E-state index is 0.225. The van der Waals surface area contributed by atoms with Gasteiger partial charge in [0.2, 0.25) is 5.91 Å². The van der Waals surface area contributed by atoms with E-state index < -0.39 is 0 Å². The zero-order chi connectivity index (χ0) is 13.0. The summed E-state index contributed by atoms with van der Waals surface area (Å²) in [5.41, 5.74) is 5.94. The van der Waals surface area contributed by atoms with Crippen molar-refractivity contribution < 1.29 is 4.79 Å². The van der Waals surface area contributed by atoms with Crippen LogP contribution in [0.25, 0.3) is 0 Å². The van der Waals surface area contributed by atoms with Crippen LogP contribution in [0.3, 0.4) is 0 Å². The summed E-state index contributed by atoms with van der Waals surface area (Å²) < 4.78 is 0. The number of hydrogen-bond donors (Lipinski definition) is 2. The van der Waals surface area contributed by atoms with Crippen LogP contribution in [0.5, 0.6) is 0 Å². The Balaban J connectivity index is 1.69. The number of hydrogen-bond acceptors (Lipinski definition) is 3. The summed E-state index contributed by atoms with van der Waals surface area (Å²) in [6.07, 6.45) is 7.64.